The zero-order valence-corrected chi connectivity index (χ0v) is 10.8. The number of carboxylic acid groups (broad SMARTS) is 1. The second-order valence-electron chi connectivity index (χ2n) is 4.50. The Labute approximate surface area is 115 Å². The zero-order chi connectivity index (χ0) is 14.9. The van der Waals surface area contributed by atoms with Crippen molar-refractivity contribution >= 4 is 23.5 Å². The van der Waals surface area contributed by atoms with E-state index in [9.17, 15) is 19.5 Å². The molecule has 1 aliphatic rings. The largest absolute Gasteiger partial charge is 0.479 e. The number of piperazine rings is 1. The predicted octanol–water partition coefficient (Wildman–Crippen LogP) is -0.390. The Balaban J connectivity index is 2.36. The van der Waals surface area contributed by atoms with Crippen LogP contribution in [0.25, 0.3) is 0 Å². The fourth-order valence-electron chi connectivity index (χ4n) is 2.04. The van der Waals surface area contributed by atoms with Gasteiger partial charge in [-0.05, 0) is 6.07 Å². The first-order valence-corrected chi connectivity index (χ1v) is 5.96. The third-order valence-electron chi connectivity index (χ3n) is 3.21. The maximum Gasteiger partial charge on any atom is 0.337 e. The molecule has 0 radical (unpaired) electrons. The van der Waals surface area contributed by atoms with E-state index in [0.29, 0.717) is 5.69 Å². The number of aliphatic hydroxyl groups is 1. The minimum Gasteiger partial charge on any atom is -0.479 e. The molecule has 1 aliphatic heterocycles. The van der Waals surface area contributed by atoms with Crippen molar-refractivity contribution in [1.29, 1.82) is 0 Å². The van der Waals surface area contributed by atoms with Gasteiger partial charge in [0, 0.05) is 18.3 Å². The first-order valence-electron chi connectivity index (χ1n) is 5.96. The van der Waals surface area contributed by atoms with Crippen LogP contribution in [0.1, 0.15) is 11.7 Å². The second kappa shape index (κ2) is 5.30. The molecule has 1 atom stereocenters. The molecule has 0 saturated carbocycles. The molecule has 106 valence electrons. The van der Waals surface area contributed by atoms with Crippen molar-refractivity contribution in [2.24, 2.45) is 0 Å². The van der Waals surface area contributed by atoms with Gasteiger partial charge in [-0.15, -0.1) is 0 Å². The molecular formula is C13H14N2O5. The van der Waals surface area contributed by atoms with Crippen LogP contribution in [0.2, 0.25) is 0 Å². The highest BCUT2D eigenvalue weighted by Crippen LogP contribution is 2.27. The summed E-state index contributed by atoms with van der Waals surface area (Å²) in [6.45, 7) is -0.0722. The van der Waals surface area contributed by atoms with E-state index < -0.39 is 12.1 Å². The predicted molar refractivity (Wildman–Crippen MR) is 69.0 cm³/mol. The van der Waals surface area contributed by atoms with Crippen LogP contribution in [0.4, 0.5) is 5.69 Å². The third kappa shape index (κ3) is 2.48. The van der Waals surface area contributed by atoms with Crippen LogP contribution >= 0.6 is 0 Å². The Hall–Kier alpha value is -2.41. The van der Waals surface area contributed by atoms with Gasteiger partial charge in [0.15, 0.2) is 6.10 Å². The number of hydrogen-bond donors (Lipinski definition) is 2. The monoisotopic (exact) mass is 278 g/mol. The molecule has 7 heteroatoms. The second-order valence-corrected chi connectivity index (χ2v) is 4.50. The molecule has 0 aliphatic carbocycles. The van der Waals surface area contributed by atoms with Gasteiger partial charge >= 0.3 is 5.97 Å². The lowest BCUT2D eigenvalue weighted by atomic mass is 10.1. The maximum atomic E-state index is 11.7. The average molecular weight is 278 g/mol. The molecule has 0 aromatic heterocycles. The summed E-state index contributed by atoms with van der Waals surface area (Å²) in [4.78, 5) is 36.8. The fraction of sp³-hybridized carbons (Fsp3) is 0.308. The maximum absolute atomic E-state index is 11.7. The van der Waals surface area contributed by atoms with Crippen LogP contribution in [0.3, 0.4) is 0 Å². The smallest absolute Gasteiger partial charge is 0.337 e. The minimum atomic E-state index is -1.70. The van der Waals surface area contributed by atoms with Crippen LogP contribution in [0, 0.1) is 0 Å². The number of aliphatic carboxylic acids is 1. The number of amides is 2. The Morgan fingerprint density at radius 2 is 1.75 bits per heavy atom. The van der Waals surface area contributed by atoms with Crippen molar-refractivity contribution < 1.29 is 24.6 Å². The van der Waals surface area contributed by atoms with Crippen LogP contribution < -0.4 is 4.90 Å². The molecule has 1 unspecified atom stereocenters. The molecule has 7 nitrogen and oxygen atoms in total. The highest BCUT2D eigenvalue weighted by molar-refractivity contribution is 6.02. The molecular weight excluding hydrogens is 264 g/mol. The molecule has 2 amide bonds. The van der Waals surface area contributed by atoms with Crippen molar-refractivity contribution in [2.45, 2.75) is 6.10 Å². The number of para-hydroxylation sites is 1. The van der Waals surface area contributed by atoms with Gasteiger partial charge in [-0.25, -0.2) is 4.79 Å². The molecule has 1 heterocycles. The Kier molecular flexibility index (Phi) is 3.71. The van der Waals surface area contributed by atoms with Gasteiger partial charge in [0.25, 0.3) is 0 Å². The summed E-state index contributed by atoms with van der Waals surface area (Å²) >= 11 is 0. The summed E-state index contributed by atoms with van der Waals surface area (Å²) in [5, 5.41) is 18.6. The van der Waals surface area contributed by atoms with E-state index in [2.05, 4.69) is 0 Å². The Bertz CT molecular complexity index is 554. The number of aliphatic hydroxyl groups excluding tert-OH is 1. The Morgan fingerprint density at radius 1 is 1.20 bits per heavy atom. The lowest BCUT2D eigenvalue weighted by Gasteiger charge is -2.33. The minimum absolute atomic E-state index is 0.0361. The summed E-state index contributed by atoms with van der Waals surface area (Å²) in [6, 6.07) is 6.28. The standard InChI is InChI=1S/C13H14N2O5/c1-14-10(16)6-15(7-11(14)17)9-5-3-2-4-8(9)12(18)13(19)20/h2-5,12,18H,6-7H2,1H3,(H,19,20). The van der Waals surface area contributed by atoms with Gasteiger partial charge in [0.2, 0.25) is 11.8 Å². The van der Waals surface area contributed by atoms with Crippen molar-refractivity contribution in [2.75, 3.05) is 25.0 Å². The van der Waals surface area contributed by atoms with Gasteiger partial charge < -0.3 is 15.1 Å². The van der Waals surface area contributed by atoms with E-state index in [1.807, 2.05) is 0 Å². The van der Waals surface area contributed by atoms with E-state index >= 15 is 0 Å². The van der Waals surface area contributed by atoms with Crippen LogP contribution in [0.5, 0.6) is 0 Å². The third-order valence-corrected chi connectivity index (χ3v) is 3.21. The van der Waals surface area contributed by atoms with Crippen molar-refractivity contribution in [1.82, 2.24) is 4.90 Å². The van der Waals surface area contributed by atoms with Gasteiger partial charge in [-0.3, -0.25) is 14.5 Å². The molecule has 2 rings (SSSR count). The van der Waals surface area contributed by atoms with Crippen LogP contribution in [-0.4, -0.2) is 53.0 Å². The van der Waals surface area contributed by atoms with Gasteiger partial charge in [-0.1, -0.05) is 18.2 Å². The number of hydrogen-bond acceptors (Lipinski definition) is 5. The number of imide groups is 1. The quantitative estimate of drug-likeness (QED) is 0.731. The molecule has 1 saturated heterocycles. The van der Waals surface area contributed by atoms with E-state index in [4.69, 9.17) is 5.11 Å². The molecule has 0 bridgehead atoms. The summed E-state index contributed by atoms with van der Waals surface area (Å²) < 4.78 is 0. The number of carboxylic acids is 1. The molecule has 1 aromatic rings. The van der Waals surface area contributed by atoms with E-state index in [1.54, 1.807) is 18.2 Å². The van der Waals surface area contributed by atoms with Crippen molar-refractivity contribution in [3.05, 3.63) is 29.8 Å². The Morgan fingerprint density at radius 3 is 2.30 bits per heavy atom. The highest BCUT2D eigenvalue weighted by atomic mass is 16.4. The zero-order valence-electron chi connectivity index (χ0n) is 10.8. The summed E-state index contributed by atoms with van der Waals surface area (Å²) in [5.41, 5.74) is 0.530. The average Bonchev–Trinajstić information content (AvgIpc) is 2.43. The number of benzene rings is 1. The van der Waals surface area contributed by atoms with Crippen molar-refractivity contribution in [3.8, 4) is 0 Å². The first-order chi connectivity index (χ1) is 9.41. The number of nitrogens with zero attached hydrogens (tertiary/aromatic N) is 2. The first kappa shape index (κ1) is 14.0. The van der Waals surface area contributed by atoms with Gasteiger partial charge in [-0.2, -0.15) is 0 Å². The number of anilines is 1. The fourth-order valence-corrected chi connectivity index (χ4v) is 2.04. The van der Waals surface area contributed by atoms with Gasteiger partial charge in [0.1, 0.15) is 0 Å². The molecule has 1 aromatic carbocycles. The molecule has 0 spiro atoms. The summed E-state index contributed by atoms with van der Waals surface area (Å²) in [5.74, 6) is -2.13. The molecule has 1 fully saturated rings. The summed E-state index contributed by atoms with van der Waals surface area (Å²) in [7, 11) is 1.40. The van der Waals surface area contributed by atoms with Crippen LogP contribution in [0.15, 0.2) is 24.3 Å². The number of carbonyl (C=O) groups is 3. The number of carbonyl (C=O) groups excluding carboxylic acids is 2. The van der Waals surface area contributed by atoms with E-state index in [0.717, 1.165) is 4.90 Å². The normalized spacial score (nSPS) is 17.3. The lowest BCUT2D eigenvalue weighted by Crippen LogP contribution is -2.52. The molecule has 2 N–H and O–H groups in total. The summed E-state index contributed by atoms with van der Waals surface area (Å²) in [6.07, 6.45) is -1.70. The van der Waals surface area contributed by atoms with E-state index in [-0.39, 0.29) is 30.5 Å². The topological polar surface area (TPSA) is 98.2 Å². The molecule has 20 heavy (non-hydrogen) atoms. The van der Waals surface area contributed by atoms with Crippen LogP contribution in [-0.2, 0) is 14.4 Å². The number of likely N-dealkylation sites (N-methyl/N-ethyl adjacent to an activating group) is 1. The SMILES string of the molecule is CN1C(=O)CN(c2ccccc2C(O)C(=O)O)CC1=O. The van der Waals surface area contributed by atoms with E-state index in [1.165, 1.54) is 18.0 Å². The lowest BCUT2D eigenvalue weighted by molar-refractivity contribution is -0.147. The van der Waals surface area contributed by atoms with Crippen molar-refractivity contribution in [3.63, 3.8) is 0 Å². The van der Waals surface area contributed by atoms with Gasteiger partial charge in [0.05, 0.1) is 13.1 Å². The number of rotatable bonds is 3. The highest BCUT2D eigenvalue weighted by Gasteiger charge is 2.31.